The minimum atomic E-state index is -0.847. The Hall–Kier alpha value is -3.99. The van der Waals surface area contributed by atoms with Crippen LogP contribution in [-0.4, -0.2) is 74.0 Å². The number of pyridine rings is 1. The summed E-state index contributed by atoms with van der Waals surface area (Å²) in [5.41, 5.74) is 2.73. The number of aliphatic hydroxyl groups excluding tert-OH is 1. The van der Waals surface area contributed by atoms with Gasteiger partial charge in [-0.25, -0.2) is 4.98 Å². The van der Waals surface area contributed by atoms with E-state index in [-0.39, 0.29) is 30.6 Å². The van der Waals surface area contributed by atoms with Crippen molar-refractivity contribution in [3.8, 4) is 23.0 Å². The lowest BCUT2D eigenvalue weighted by atomic mass is 10.1. The zero-order valence-corrected chi connectivity index (χ0v) is 23.7. The topological polar surface area (TPSA) is 131 Å². The molecule has 5 N–H and O–H groups in total. The third kappa shape index (κ3) is 5.38. The molecule has 2 aromatic carbocycles. The van der Waals surface area contributed by atoms with Crippen molar-refractivity contribution in [1.82, 2.24) is 24.4 Å². The van der Waals surface area contributed by atoms with Crippen LogP contribution < -0.4 is 15.6 Å². The van der Waals surface area contributed by atoms with E-state index in [2.05, 4.69) is 27.2 Å². The van der Waals surface area contributed by atoms with Gasteiger partial charge in [-0.3, -0.25) is 4.79 Å². The van der Waals surface area contributed by atoms with E-state index in [1.807, 2.05) is 29.8 Å². The lowest BCUT2D eigenvalue weighted by Crippen LogP contribution is -2.31. The van der Waals surface area contributed by atoms with Crippen molar-refractivity contribution in [2.75, 3.05) is 38.6 Å². The number of nitrogens with one attached hydrogen (secondary N) is 3. The molecular formula is C30H33ClN6O4. The summed E-state index contributed by atoms with van der Waals surface area (Å²) in [5, 5.41) is 27.0. The first kappa shape index (κ1) is 27.2. The first-order chi connectivity index (χ1) is 19.8. The van der Waals surface area contributed by atoms with Crippen molar-refractivity contribution in [2.24, 2.45) is 0 Å². The van der Waals surface area contributed by atoms with E-state index in [0.29, 0.717) is 33.4 Å². The number of halogens is 1. The van der Waals surface area contributed by atoms with E-state index in [1.54, 1.807) is 30.5 Å². The molecule has 1 saturated heterocycles. The Bertz CT molecular complexity index is 1770. The molecule has 1 atom stereocenters. The number of imidazole rings is 1. The fraction of sp³-hybridized carbons (Fsp3) is 0.333. The number of anilines is 1. The maximum absolute atomic E-state index is 12.9. The van der Waals surface area contributed by atoms with Gasteiger partial charge >= 0.3 is 0 Å². The van der Waals surface area contributed by atoms with E-state index in [4.69, 9.17) is 21.3 Å². The Balaban J connectivity index is 1.22. The van der Waals surface area contributed by atoms with Gasteiger partial charge in [-0.2, -0.15) is 0 Å². The highest BCUT2D eigenvalue weighted by Crippen LogP contribution is 2.36. The Labute approximate surface area is 241 Å². The summed E-state index contributed by atoms with van der Waals surface area (Å²) in [7, 11) is 2.12. The van der Waals surface area contributed by atoms with Crippen molar-refractivity contribution in [3.05, 3.63) is 69.7 Å². The van der Waals surface area contributed by atoms with Crippen molar-refractivity contribution < 1.29 is 14.9 Å². The third-order valence-corrected chi connectivity index (χ3v) is 8.28. The predicted octanol–water partition coefficient (Wildman–Crippen LogP) is 4.66. The van der Waals surface area contributed by atoms with Crippen LogP contribution in [0.4, 0.5) is 5.69 Å². The second-order valence-corrected chi connectivity index (χ2v) is 11.1. The molecule has 3 aromatic heterocycles. The van der Waals surface area contributed by atoms with Gasteiger partial charge in [0.25, 0.3) is 5.56 Å². The molecule has 0 amide bonds. The van der Waals surface area contributed by atoms with Gasteiger partial charge < -0.3 is 39.7 Å². The second kappa shape index (κ2) is 11.1. The number of aromatic hydroxyl groups is 1. The number of benzene rings is 2. The molecule has 0 radical (unpaired) electrons. The Morgan fingerprint density at radius 2 is 2.05 bits per heavy atom. The summed E-state index contributed by atoms with van der Waals surface area (Å²) >= 11 is 6.15. The molecule has 0 unspecified atom stereocenters. The molecule has 0 bridgehead atoms. The van der Waals surface area contributed by atoms with E-state index < -0.39 is 6.10 Å². The smallest absolute Gasteiger partial charge is 0.261 e. The zero-order chi connectivity index (χ0) is 28.7. The SMILES string of the molecule is Cc1c(Cl)cccc1OC[C@H](O)CNc1cc[nH]c(=O)c1-c1nc2cc3c(O)n(C4CCN(C)CC4)cc3cc2[nH]1. The fourth-order valence-corrected chi connectivity index (χ4v) is 5.64. The first-order valence-electron chi connectivity index (χ1n) is 13.7. The first-order valence-corrected chi connectivity index (χ1v) is 14.1. The molecule has 4 heterocycles. The summed E-state index contributed by atoms with van der Waals surface area (Å²) in [6.45, 7) is 4.05. The number of H-pyrrole nitrogens is 2. The number of rotatable bonds is 8. The van der Waals surface area contributed by atoms with Crippen LogP contribution in [0.3, 0.4) is 0 Å². The molecule has 214 valence electrons. The second-order valence-electron chi connectivity index (χ2n) is 10.7. The van der Waals surface area contributed by atoms with Crippen molar-refractivity contribution >= 4 is 39.1 Å². The van der Waals surface area contributed by atoms with Crippen LogP contribution in [0.25, 0.3) is 33.2 Å². The number of hydrogen-bond donors (Lipinski definition) is 5. The van der Waals surface area contributed by atoms with Crippen LogP contribution in [0.1, 0.15) is 24.4 Å². The van der Waals surface area contributed by atoms with E-state index >= 15 is 0 Å². The third-order valence-electron chi connectivity index (χ3n) is 7.87. The monoisotopic (exact) mass is 576 g/mol. The van der Waals surface area contributed by atoms with Crippen molar-refractivity contribution in [1.29, 1.82) is 0 Å². The number of ether oxygens (including phenoxy) is 1. The number of aromatic nitrogens is 4. The summed E-state index contributed by atoms with van der Waals surface area (Å²) < 4.78 is 7.73. The molecule has 41 heavy (non-hydrogen) atoms. The van der Waals surface area contributed by atoms with Gasteiger partial charge in [0.1, 0.15) is 29.8 Å². The van der Waals surface area contributed by atoms with Crippen LogP contribution >= 0.6 is 11.6 Å². The molecule has 1 fully saturated rings. The number of likely N-dealkylation sites (tertiary alicyclic amines) is 1. The molecule has 1 aliphatic rings. The lowest BCUT2D eigenvalue weighted by Gasteiger charge is -2.30. The number of fused-ring (bicyclic) bond motifs is 2. The number of piperidine rings is 1. The minimum Gasteiger partial charge on any atom is -0.494 e. The van der Waals surface area contributed by atoms with Crippen LogP contribution in [0, 0.1) is 6.92 Å². The average molecular weight is 577 g/mol. The van der Waals surface area contributed by atoms with Crippen molar-refractivity contribution in [2.45, 2.75) is 31.9 Å². The average Bonchev–Trinajstić information content (AvgIpc) is 3.51. The molecule has 0 spiro atoms. The van der Waals surface area contributed by atoms with Gasteiger partial charge in [0.05, 0.1) is 16.7 Å². The predicted molar refractivity (Wildman–Crippen MR) is 161 cm³/mol. The van der Waals surface area contributed by atoms with E-state index in [0.717, 1.165) is 47.8 Å². The van der Waals surface area contributed by atoms with Crippen molar-refractivity contribution in [3.63, 3.8) is 0 Å². The largest absolute Gasteiger partial charge is 0.494 e. The number of aliphatic hydroxyl groups is 1. The normalized spacial score (nSPS) is 15.5. The minimum absolute atomic E-state index is 0.0496. The van der Waals surface area contributed by atoms with Gasteiger partial charge in [-0.15, -0.1) is 0 Å². The maximum atomic E-state index is 12.9. The summed E-state index contributed by atoms with van der Waals surface area (Å²) in [6.07, 6.45) is 4.67. The molecule has 6 rings (SSSR count). The zero-order valence-electron chi connectivity index (χ0n) is 22.9. The van der Waals surface area contributed by atoms with Gasteiger partial charge in [-0.05, 0) is 70.2 Å². The molecule has 10 nitrogen and oxygen atoms in total. The van der Waals surface area contributed by atoms with E-state index in [1.165, 1.54) is 0 Å². The molecule has 0 aliphatic carbocycles. The summed E-state index contributed by atoms with van der Waals surface area (Å²) in [5.74, 6) is 1.24. The van der Waals surface area contributed by atoms with Gasteiger partial charge in [0.2, 0.25) is 0 Å². The molecule has 1 aliphatic heterocycles. The molecule has 5 aromatic rings. The fourth-order valence-electron chi connectivity index (χ4n) is 5.47. The maximum Gasteiger partial charge on any atom is 0.261 e. The van der Waals surface area contributed by atoms with Gasteiger partial charge in [0.15, 0.2) is 5.88 Å². The molecule has 0 saturated carbocycles. The van der Waals surface area contributed by atoms with Crippen LogP contribution in [0.2, 0.25) is 5.02 Å². The highest BCUT2D eigenvalue weighted by atomic mass is 35.5. The standard InChI is InChI=1S/C30H33ClN6O4/c1-17-22(31)4-3-5-26(17)41-16-20(38)14-33-23-6-9-32-29(39)27(23)28-34-24-12-18-15-37(19-7-10-36(2)11-8-19)30(40)21(18)13-25(24)35-28/h3-6,9,12-13,15,19-20,38,40H,7-8,10-11,14,16H2,1-2H3,(H,34,35)(H2,32,33,39)/t20-/m1/s1. The summed E-state index contributed by atoms with van der Waals surface area (Å²) in [4.78, 5) is 25.9. The quantitative estimate of drug-likeness (QED) is 0.181. The van der Waals surface area contributed by atoms with E-state index in [9.17, 15) is 15.0 Å². The number of aromatic amines is 2. The van der Waals surface area contributed by atoms with Crippen LogP contribution in [0.15, 0.2) is 53.6 Å². The van der Waals surface area contributed by atoms with Crippen LogP contribution in [-0.2, 0) is 0 Å². The number of hydrogen-bond acceptors (Lipinski definition) is 7. The number of nitrogens with zero attached hydrogens (tertiary/aromatic N) is 3. The molecular weight excluding hydrogens is 544 g/mol. The highest BCUT2D eigenvalue weighted by molar-refractivity contribution is 6.31. The Morgan fingerprint density at radius 3 is 2.85 bits per heavy atom. The lowest BCUT2D eigenvalue weighted by molar-refractivity contribution is 0.117. The summed E-state index contributed by atoms with van der Waals surface area (Å²) in [6, 6.07) is 11.2. The highest BCUT2D eigenvalue weighted by Gasteiger charge is 2.23. The van der Waals surface area contributed by atoms with Crippen LogP contribution in [0.5, 0.6) is 11.6 Å². The Morgan fingerprint density at radius 1 is 1.24 bits per heavy atom. The molecule has 11 heteroatoms. The van der Waals surface area contributed by atoms with Gasteiger partial charge in [0, 0.05) is 46.3 Å². The van der Waals surface area contributed by atoms with Gasteiger partial charge in [-0.1, -0.05) is 17.7 Å². The Kier molecular flexibility index (Phi) is 7.37.